The van der Waals surface area contributed by atoms with Crippen molar-refractivity contribution in [3.63, 3.8) is 0 Å². The number of benzene rings is 2. The summed E-state index contributed by atoms with van der Waals surface area (Å²) in [4.78, 5) is 11.9. The highest BCUT2D eigenvalue weighted by Crippen LogP contribution is 2.27. The standard InChI is InChI=1S/C16H14Cl2N2O3S/c1-22-12-4-2-3-11(8-12)19-16(24)20-15(21)9-23-14-6-5-10(17)7-13(14)18/h2-8H,9H2,1H3,(H2,19,20,21,24). The lowest BCUT2D eigenvalue weighted by atomic mass is 10.3. The fourth-order valence-electron chi connectivity index (χ4n) is 1.76. The van der Waals surface area contributed by atoms with Crippen molar-refractivity contribution in [3.8, 4) is 11.5 Å². The first-order chi connectivity index (χ1) is 11.5. The van der Waals surface area contributed by atoms with Crippen molar-refractivity contribution in [1.29, 1.82) is 0 Å². The van der Waals surface area contributed by atoms with E-state index in [1.54, 1.807) is 43.5 Å². The van der Waals surface area contributed by atoms with E-state index in [1.165, 1.54) is 6.07 Å². The molecule has 0 aliphatic heterocycles. The van der Waals surface area contributed by atoms with E-state index in [4.69, 9.17) is 44.9 Å². The number of thiocarbonyl (C=S) groups is 1. The molecule has 0 aliphatic carbocycles. The average molecular weight is 385 g/mol. The zero-order valence-corrected chi connectivity index (χ0v) is 15.0. The van der Waals surface area contributed by atoms with Gasteiger partial charge in [-0.2, -0.15) is 0 Å². The van der Waals surface area contributed by atoms with Crippen LogP contribution < -0.4 is 20.1 Å². The Balaban J connectivity index is 1.84. The van der Waals surface area contributed by atoms with E-state index in [-0.39, 0.29) is 11.7 Å². The number of anilines is 1. The van der Waals surface area contributed by atoms with E-state index < -0.39 is 5.91 Å². The topological polar surface area (TPSA) is 59.6 Å². The molecule has 126 valence electrons. The lowest BCUT2D eigenvalue weighted by Gasteiger charge is -2.11. The number of nitrogens with one attached hydrogen (secondary N) is 2. The van der Waals surface area contributed by atoms with Gasteiger partial charge in [-0.25, -0.2) is 0 Å². The Labute approximate surface area is 154 Å². The molecule has 2 rings (SSSR count). The Kier molecular flexibility index (Phi) is 6.66. The lowest BCUT2D eigenvalue weighted by Crippen LogP contribution is -2.37. The lowest BCUT2D eigenvalue weighted by molar-refractivity contribution is -0.121. The molecule has 0 saturated carbocycles. The molecule has 0 aliphatic rings. The van der Waals surface area contributed by atoms with Crippen molar-refractivity contribution < 1.29 is 14.3 Å². The summed E-state index contributed by atoms with van der Waals surface area (Å²) in [6.45, 7) is -0.235. The predicted octanol–water partition coefficient (Wildman–Crippen LogP) is 3.89. The van der Waals surface area contributed by atoms with Gasteiger partial charge in [-0.15, -0.1) is 0 Å². The average Bonchev–Trinajstić information content (AvgIpc) is 2.54. The molecule has 0 spiro atoms. The number of methoxy groups -OCH3 is 1. The fourth-order valence-corrected chi connectivity index (χ4v) is 2.46. The third kappa shape index (κ3) is 5.56. The molecular formula is C16H14Cl2N2O3S. The Bertz CT molecular complexity index is 756. The highest BCUT2D eigenvalue weighted by Gasteiger charge is 2.08. The van der Waals surface area contributed by atoms with Crippen LogP contribution in [0.2, 0.25) is 10.0 Å². The molecule has 0 atom stereocenters. The third-order valence-electron chi connectivity index (χ3n) is 2.83. The SMILES string of the molecule is COc1cccc(NC(=S)NC(=O)COc2ccc(Cl)cc2Cl)c1. The quantitative estimate of drug-likeness (QED) is 0.765. The molecule has 2 aromatic rings. The van der Waals surface area contributed by atoms with Gasteiger partial charge in [-0.1, -0.05) is 29.3 Å². The van der Waals surface area contributed by atoms with Gasteiger partial charge in [0.15, 0.2) is 11.7 Å². The molecule has 0 radical (unpaired) electrons. The fraction of sp³-hybridized carbons (Fsp3) is 0.125. The second-order valence-corrected chi connectivity index (χ2v) is 5.85. The summed E-state index contributed by atoms with van der Waals surface area (Å²) < 4.78 is 10.4. The van der Waals surface area contributed by atoms with Crippen LogP contribution in [-0.4, -0.2) is 24.7 Å². The first-order valence-corrected chi connectivity index (χ1v) is 7.97. The Morgan fingerprint density at radius 2 is 2.00 bits per heavy atom. The molecule has 8 heteroatoms. The van der Waals surface area contributed by atoms with Crippen LogP contribution in [0, 0.1) is 0 Å². The molecular weight excluding hydrogens is 371 g/mol. The molecule has 0 heterocycles. The highest BCUT2D eigenvalue weighted by atomic mass is 35.5. The zero-order valence-electron chi connectivity index (χ0n) is 12.6. The molecule has 5 nitrogen and oxygen atoms in total. The molecule has 0 saturated heterocycles. The molecule has 2 aromatic carbocycles. The van der Waals surface area contributed by atoms with Gasteiger partial charge < -0.3 is 14.8 Å². The number of hydrogen-bond acceptors (Lipinski definition) is 4. The summed E-state index contributed by atoms with van der Waals surface area (Å²) >= 11 is 16.8. The van der Waals surface area contributed by atoms with Gasteiger partial charge >= 0.3 is 0 Å². The van der Waals surface area contributed by atoms with Gasteiger partial charge in [-0.3, -0.25) is 10.1 Å². The van der Waals surface area contributed by atoms with Crippen LogP contribution in [0.4, 0.5) is 5.69 Å². The Morgan fingerprint density at radius 1 is 1.21 bits per heavy atom. The van der Waals surface area contributed by atoms with E-state index in [9.17, 15) is 4.79 Å². The second-order valence-electron chi connectivity index (χ2n) is 4.60. The van der Waals surface area contributed by atoms with Crippen LogP contribution in [0.1, 0.15) is 0 Å². The summed E-state index contributed by atoms with van der Waals surface area (Å²) in [6.07, 6.45) is 0. The maximum atomic E-state index is 11.9. The minimum absolute atomic E-state index is 0.152. The summed E-state index contributed by atoms with van der Waals surface area (Å²) in [5.74, 6) is 0.624. The van der Waals surface area contributed by atoms with Gasteiger partial charge in [0.1, 0.15) is 11.5 Å². The summed E-state index contributed by atoms with van der Waals surface area (Å²) in [5, 5.41) is 6.36. The minimum Gasteiger partial charge on any atom is -0.497 e. The first kappa shape index (κ1) is 18.3. The minimum atomic E-state index is -0.415. The maximum Gasteiger partial charge on any atom is 0.264 e. The molecule has 24 heavy (non-hydrogen) atoms. The third-order valence-corrected chi connectivity index (χ3v) is 3.57. The van der Waals surface area contributed by atoms with E-state index in [1.807, 2.05) is 0 Å². The summed E-state index contributed by atoms with van der Waals surface area (Å²) in [7, 11) is 1.57. The van der Waals surface area contributed by atoms with Gasteiger partial charge in [0.2, 0.25) is 0 Å². The van der Waals surface area contributed by atoms with Crippen LogP contribution in [0.25, 0.3) is 0 Å². The molecule has 1 amide bonds. The van der Waals surface area contributed by atoms with Crippen molar-refractivity contribution >= 4 is 52.1 Å². The van der Waals surface area contributed by atoms with E-state index in [0.29, 0.717) is 27.2 Å². The molecule has 0 fully saturated rings. The number of hydrogen-bond donors (Lipinski definition) is 2. The van der Waals surface area contributed by atoms with Gasteiger partial charge in [0.25, 0.3) is 5.91 Å². The van der Waals surface area contributed by atoms with Crippen molar-refractivity contribution in [2.75, 3.05) is 19.0 Å². The molecule has 2 N–H and O–H groups in total. The van der Waals surface area contributed by atoms with E-state index in [2.05, 4.69) is 10.6 Å². The van der Waals surface area contributed by atoms with Gasteiger partial charge in [0.05, 0.1) is 12.1 Å². The summed E-state index contributed by atoms with van der Waals surface area (Å²) in [5.41, 5.74) is 0.696. The van der Waals surface area contributed by atoms with E-state index in [0.717, 1.165) is 0 Å². The van der Waals surface area contributed by atoms with Crippen LogP contribution in [-0.2, 0) is 4.79 Å². The monoisotopic (exact) mass is 384 g/mol. The number of amides is 1. The highest BCUT2D eigenvalue weighted by molar-refractivity contribution is 7.80. The van der Waals surface area contributed by atoms with Crippen LogP contribution in [0.5, 0.6) is 11.5 Å². The van der Waals surface area contributed by atoms with Crippen LogP contribution in [0.3, 0.4) is 0 Å². The van der Waals surface area contributed by atoms with Crippen LogP contribution >= 0.6 is 35.4 Å². The van der Waals surface area contributed by atoms with Crippen molar-refractivity contribution in [2.45, 2.75) is 0 Å². The maximum absolute atomic E-state index is 11.9. The summed E-state index contributed by atoms with van der Waals surface area (Å²) in [6, 6.07) is 11.9. The van der Waals surface area contributed by atoms with Gasteiger partial charge in [-0.05, 0) is 42.5 Å². The number of rotatable bonds is 5. The van der Waals surface area contributed by atoms with Crippen molar-refractivity contribution in [1.82, 2.24) is 5.32 Å². The Morgan fingerprint density at radius 3 is 2.71 bits per heavy atom. The number of carbonyl (C=O) groups is 1. The smallest absolute Gasteiger partial charge is 0.264 e. The first-order valence-electron chi connectivity index (χ1n) is 6.80. The molecule has 0 bridgehead atoms. The van der Waals surface area contributed by atoms with Gasteiger partial charge in [0, 0.05) is 16.8 Å². The largest absolute Gasteiger partial charge is 0.497 e. The van der Waals surface area contributed by atoms with Crippen molar-refractivity contribution in [3.05, 3.63) is 52.5 Å². The number of ether oxygens (including phenoxy) is 2. The van der Waals surface area contributed by atoms with Crippen LogP contribution in [0.15, 0.2) is 42.5 Å². The molecule has 0 unspecified atom stereocenters. The number of halogens is 2. The van der Waals surface area contributed by atoms with E-state index >= 15 is 0 Å². The zero-order chi connectivity index (χ0) is 17.5. The number of carbonyl (C=O) groups excluding carboxylic acids is 1. The molecule has 0 aromatic heterocycles. The van der Waals surface area contributed by atoms with Crippen molar-refractivity contribution in [2.24, 2.45) is 0 Å². The Hall–Kier alpha value is -2.02. The predicted molar refractivity (Wildman–Crippen MR) is 99.3 cm³/mol. The second kappa shape index (κ2) is 8.73. The normalized spacial score (nSPS) is 9.96.